The lowest BCUT2D eigenvalue weighted by molar-refractivity contribution is -0.131. The molecule has 1 atom stereocenters. The lowest BCUT2D eigenvalue weighted by Gasteiger charge is -2.31. The van der Waals surface area contributed by atoms with E-state index in [0.717, 1.165) is 38.9 Å². The predicted octanol–water partition coefficient (Wildman–Crippen LogP) is 6.23. The smallest absolute Gasteiger partial charge is 0.340 e. The van der Waals surface area contributed by atoms with Gasteiger partial charge in [0.2, 0.25) is 0 Å². The fourth-order valence-corrected chi connectivity index (χ4v) is 5.37. The van der Waals surface area contributed by atoms with Crippen molar-refractivity contribution in [2.75, 3.05) is 0 Å². The van der Waals surface area contributed by atoms with E-state index in [-0.39, 0.29) is 5.97 Å². The minimum atomic E-state index is -1.20. The van der Waals surface area contributed by atoms with Crippen LogP contribution in [-0.4, -0.2) is 16.5 Å². The van der Waals surface area contributed by atoms with Gasteiger partial charge in [-0.25, -0.2) is 4.79 Å². The molecule has 0 radical (unpaired) electrons. The van der Waals surface area contributed by atoms with Crippen LogP contribution in [0.2, 0.25) is 0 Å². The van der Waals surface area contributed by atoms with E-state index in [2.05, 4.69) is 28.8 Å². The Morgan fingerprint density at radius 1 is 0.833 bits per heavy atom. The minimum Gasteiger partial charge on any atom is -0.440 e. The van der Waals surface area contributed by atoms with E-state index in [4.69, 9.17) is 9.47 Å². The highest BCUT2D eigenvalue weighted by Crippen LogP contribution is 2.52. The van der Waals surface area contributed by atoms with Crippen molar-refractivity contribution in [3.05, 3.63) is 125 Å². The van der Waals surface area contributed by atoms with Gasteiger partial charge in [0.25, 0.3) is 0 Å². The topological polar surface area (TPSA) is 57.5 Å². The summed E-state index contributed by atoms with van der Waals surface area (Å²) in [5, 5.41) is 0.993. The van der Waals surface area contributed by atoms with E-state index in [1.807, 2.05) is 67.7 Å². The standard InChI is InChI=1S/C31H23NO4/c1-20(33)35-23-18-16-22(17-19-23)31(26-14-8-6-12-24(26)30(34)36-31)28-25-13-7-9-15-27(25)32(2)29(28)21-10-4-3-5-11-21/h3-19H,1-2H3. The first kappa shape index (κ1) is 21.9. The Morgan fingerprint density at radius 3 is 2.25 bits per heavy atom. The summed E-state index contributed by atoms with van der Waals surface area (Å²) in [6.45, 7) is 1.37. The molecule has 4 aromatic carbocycles. The number of carbonyl (C=O) groups excluding carboxylic acids is 2. The molecule has 5 aromatic rings. The highest BCUT2D eigenvalue weighted by atomic mass is 16.6. The maximum Gasteiger partial charge on any atom is 0.340 e. The second-order valence-electron chi connectivity index (χ2n) is 8.90. The van der Waals surface area contributed by atoms with Crippen LogP contribution in [0.25, 0.3) is 22.2 Å². The quantitative estimate of drug-likeness (QED) is 0.229. The number of carbonyl (C=O) groups is 2. The van der Waals surface area contributed by atoms with Crippen molar-refractivity contribution in [2.45, 2.75) is 12.5 Å². The highest BCUT2D eigenvalue weighted by Gasteiger charge is 2.51. The van der Waals surface area contributed by atoms with Crippen LogP contribution in [0.3, 0.4) is 0 Å². The molecule has 176 valence electrons. The van der Waals surface area contributed by atoms with Gasteiger partial charge in [-0.3, -0.25) is 4.79 Å². The Labute approximate surface area is 208 Å². The van der Waals surface area contributed by atoms with Crippen molar-refractivity contribution in [1.82, 2.24) is 4.57 Å². The minimum absolute atomic E-state index is 0.374. The molecule has 1 aliphatic rings. The van der Waals surface area contributed by atoms with Gasteiger partial charge in [0, 0.05) is 41.6 Å². The van der Waals surface area contributed by atoms with Gasteiger partial charge >= 0.3 is 11.9 Å². The monoisotopic (exact) mass is 473 g/mol. The SMILES string of the molecule is CC(=O)Oc1ccc(C2(c3c(-c4ccccc4)n(C)c4ccccc34)OC(=O)c3ccccc32)cc1. The van der Waals surface area contributed by atoms with E-state index in [1.165, 1.54) is 6.92 Å². The van der Waals surface area contributed by atoms with Gasteiger partial charge < -0.3 is 14.0 Å². The molecular formula is C31H23NO4. The van der Waals surface area contributed by atoms with Gasteiger partial charge in [0.05, 0.1) is 11.3 Å². The first-order chi connectivity index (χ1) is 17.5. The van der Waals surface area contributed by atoms with Gasteiger partial charge in [-0.1, -0.05) is 78.9 Å². The zero-order chi connectivity index (χ0) is 24.9. The molecule has 0 N–H and O–H groups in total. The molecule has 0 fully saturated rings. The molecule has 2 heterocycles. The average molecular weight is 474 g/mol. The number of hydrogen-bond donors (Lipinski definition) is 0. The molecule has 0 saturated heterocycles. The van der Waals surface area contributed by atoms with Gasteiger partial charge in [0.1, 0.15) is 5.75 Å². The summed E-state index contributed by atoms with van der Waals surface area (Å²) < 4.78 is 13.9. The molecule has 5 heteroatoms. The molecule has 1 unspecified atom stereocenters. The molecule has 6 rings (SSSR count). The number of hydrogen-bond acceptors (Lipinski definition) is 4. The average Bonchev–Trinajstić information content (AvgIpc) is 3.37. The van der Waals surface area contributed by atoms with Gasteiger partial charge in [-0.15, -0.1) is 0 Å². The molecule has 0 saturated carbocycles. The molecule has 0 amide bonds. The maximum atomic E-state index is 13.3. The Bertz CT molecular complexity index is 1630. The third kappa shape index (κ3) is 3.17. The first-order valence-corrected chi connectivity index (χ1v) is 11.8. The summed E-state index contributed by atoms with van der Waals surface area (Å²) in [7, 11) is 2.04. The molecule has 1 aromatic heterocycles. The zero-order valence-electron chi connectivity index (χ0n) is 19.9. The van der Waals surface area contributed by atoms with E-state index in [9.17, 15) is 9.59 Å². The molecule has 0 aliphatic carbocycles. The zero-order valence-corrected chi connectivity index (χ0v) is 19.9. The number of benzene rings is 4. The van der Waals surface area contributed by atoms with Crippen LogP contribution in [0.15, 0.2) is 103 Å². The molecule has 5 nitrogen and oxygen atoms in total. The molecular weight excluding hydrogens is 450 g/mol. The van der Waals surface area contributed by atoms with Crippen molar-refractivity contribution in [3.63, 3.8) is 0 Å². The lowest BCUT2D eigenvalue weighted by atomic mass is 9.77. The van der Waals surface area contributed by atoms with Crippen LogP contribution in [0.5, 0.6) is 5.75 Å². The van der Waals surface area contributed by atoms with Crippen LogP contribution in [0.1, 0.15) is 34.0 Å². The summed E-state index contributed by atoms with van der Waals surface area (Å²) >= 11 is 0. The second kappa shape index (κ2) is 8.24. The molecule has 0 bridgehead atoms. The Hall–Kier alpha value is -4.64. The number of para-hydroxylation sites is 1. The van der Waals surface area contributed by atoms with E-state index >= 15 is 0 Å². The summed E-state index contributed by atoms with van der Waals surface area (Å²) in [6, 6.07) is 33.0. The van der Waals surface area contributed by atoms with E-state index in [0.29, 0.717) is 11.3 Å². The number of esters is 2. The van der Waals surface area contributed by atoms with Gasteiger partial charge in [-0.05, 0) is 29.8 Å². The van der Waals surface area contributed by atoms with Gasteiger partial charge in [0.15, 0.2) is 5.60 Å². The Morgan fingerprint density at radius 2 is 1.50 bits per heavy atom. The summed E-state index contributed by atoms with van der Waals surface area (Å²) in [5.74, 6) is -0.336. The van der Waals surface area contributed by atoms with Gasteiger partial charge in [-0.2, -0.15) is 0 Å². The van der Waals surface area contributed by atoms with E-state index < -0.39 is 11.6 Å². The maximum absolute atomic E-state index is 13.3. The summed E-state index contributed by atoms with van der Waals surface area (Å²) in [6.07, 6.45) is 0. The fraction of sp³-hybridized carbons (Fsp3) is 0.0968. The number of nitrogens with zero attached hydrogens (tertiary/aromatic N) is 1. The summed E-state index contributed by atoms with van der Waals surface area (Å²) in [4.78, 5) is 24.8. The Balaban J connectivity index is 1.74. The van der Waals surface area contributed by atoms with Crippen molar-refractivity contribution in [3.8, 4) is 17.0 Å². The number of fused-ring (bicyclic) bond motifs is 2. The number of ether oxygens (including phenoxy) is 2. The van der Waals surface area contributed by atoms with E-state index in [1.54, 1.807) is 18.2 Å². The molecule has 0 spiro atoms. The first-order valence-electron chi connectivity index (χ1n) is 11.8. The number of aryl methyl sites for hydroxylation is 1. The van der Waals surface area contributed by atoms with Crippen molar-refractivity contribution in [2.24, 2.45) is 7.05 Å². The Kier molecular flexibility index (Phi) is 5.00. The lowest BCUT2D eigenvalue weighted by Crippen LogP contribution is -2.30. The second-order valence-corrected chi connectivity index (χ2v) is 8.90. The van der Waals surface area contributed by atoms with Crippen LogP contribution in [-0.2, 0) is 22.2 Å². The van der Waals surface area contributed by atoms with Crippen molar-refractivity contribution >= 4 is 22.8 Å². The van der Waals surface area contributed by atoms with Crippen molar-refractivity contribution < 1.29 is 19.1 Å². The fourth-order valence-electron chi connectivity index (χ4n) is 5.37. The summed E-state index contributed by atoms with van der Waals surface area (Å²) in [5.41, 5.74) is 4.79. The van der Waals surface area contributed by atoms with Crippen LogP contribution in [0, 0.1) is 0 Å². The van der Waals surface area contributed by atoms with Crippen LogP contribution < -0.4 is 4.74 Å². The van der Waals surface area contributed by atoms with Crippen molar-refractivity contribution in [1.29, 1.82) is 0 Å². The largest absolute Gasteiger partial charge is 0.440 e. The third-order valence-electron chi connectivity index (χ3n) is 6.80. The number of rotatable bonds is 4. The van der Waals surface area contributed by atoms with Crippen LogP contribution >= 0.6 is 0 Å². The predicted molar refractivity (Wildman–Crippen MR) is 138 cm³/mol. The van der Waals surface area contributed by atoms with Crippen LogP contribution in [0.4, 0.5) is 0 Å². The highest BCUT2D eigenvalue weighted by molar-refractivity contribution is 6.00. The molecule has 1 aliphatic heterocycles. The number of aromatic nitrogens is 1. The third-order valence-corrected chi connectivity index (χ3v) is 6.80. The molecule has 36 heavy (non-hydrogen) atoms. The number of cyclic esters (lactones) is 1. The normalized spacial score (nSPS) is 16.6.